The van der Waals surface area contributed by atoms with Crippen LogP contribution in [0.25, 0.3) is 0 Å². The number of aliphatic carboxylic acids is 3. The zero-order chi connectivity index (χ0) is 10.6. The minimum Gasteiger partial charge on any atom is -0.550 e. The van der Waals surface area contributed by atoms with E-state index < -0.39 is 36.4 Å². The maximum atomic E-state index is 10.1. The molecule has 0 aliphatic heterocycles. The summed E-state index contributed by atoms with van der Waals surface area (Å²) >= 11 is 0. The SMILES string of the molecule is O.O=C([O-])CC(O)(CC(=O)[O-])C(=O)[O-].[Mn+3]. The summed E-state index contributed by atoms with van der Waals surface area (Å²) in [7, 11) is 0. The smallest absolute Gasteiger partial charge is 0.550 e. The topological polar surface area (TPSA) is 172 Å². The number of carboxylic acids is 3. The largest absolute Gasteiger partial charge is 3.00 e. The Balaban J connectivity index is -0.000000720. The van der Waals surface area contributed by atoms with Gasteiger partial charge in [-0.15, -0.1) is 0 Å². The van der Waals surface area contributed by atoms with E-state index in [1.54, 1.807) is 0 Å². The number of carboxylic acid groups (broad SMARTS) is 3. The predicted octanol–water partition coefficient (Wildman–Crippen LogP) is -6.08. The number of hydrogen-bond donors (Lipinski definition) is 1. The standard InChI is InChI=1S/C6H8O7.Mn.H2O/c7-3(8)1-6(13,5(11)12)2-4(9)10;;/h13H,1-2H2,(H,7,8)(H,9,10)(H,11,12);;1H2/q;+3;/p-3. The van der Waals surface area contributed by atoms with Crippen molar-refractivity contribution in [3.05, 3.63) is 0 Å². The van der Waals surface area contributed by atoms with E-state index in [-0.39, 0.29) is 22.5 Å². The molecule has 0 spiro atoms. The molecule has 9 heteroatoms. The molecule has 0 aliphatic rings. The Morgan fingerprint density at radius 3 is 1.40 bits per heavy atom. The minimum atomic E-state index is -2.97. The second kappa shape index (κ2) is 7.18. The average Bonchev–Trinajstić information content (AvgIpc) is 1.82. The van der Waals surface area contributed by atoms with E-state index in [1.807, 2.05) is 0 Å². The van der Waals surface area contributed by atoms with E-state index in [1.165, 1.54) is 0 Å². The zero-order valence-electron chi connectivity index (χ0n) is 7.19. The predicted molar refractivity (Wildman–Crippen MR) is 32.8 cm³/mol. The van der Waals surface area contributed by atoms with Crippen molar-refractivity contribution in [2.75, 3.05) is 0 Å². The number of rotatable bonds is 5. The van der Waals surface area contributed by atoms with Crippen LogP contribution in [0.3, 0.4) is 0 Å². The Labute approximate surface area is 94.3 Å². The van der Waals surface area contributed by atoms with Gasteiger partial charge in [-0.05, 0) is 0 Å². The van der Waals surface area contributed by atoms with Crippen LogP contribution in [0.2, 0.25) is 0 Å². The summed E-state index contributed by atoms with van der Waals surface area (Å²) in [6.45, 7) is 0. The van der Waals surface area contributed by atoms with Gasteiger partial charge >= 0.3 is 17.1 Å². The van der Waals surface area contributed by atoms with Crippen LogP contribution in [-0.4, -0.2) is 34.1 Å². The Bertz CT molecular complexity index is 234. The minimum absolute atomic E-state index is 0. The number of hydrogen-bond acceptors (Lipinski definition) is 7. The molecule has 0 saturated carbocycles. The summed E-state index contributed by atoms with van der Waals surface area (Å²) in [6.07, 6.45) is -2.72. The number of aliphatic hydroxyl groups is 1. The first-order chi connectivity index (χ1) is 5.78. The van der Waals surface area contributed by atoms with Crippen molar-refractivity contribution in [3.8, 4) is 0 Å². The summed E-state index contributed by atoms with van der Waals surface area (Å²) < 4.78 is 0. The summed E-state index contributed by atoms with van der Waals surface area (Å²) in [5.74, 6) is -5.98. The summed E-state index contributed by atoms with van der Waals surface area (Å²) in [5.41, 5.74) is -2.97. The van der Waals surface area contributed by atoms with Crippen molar-refractivity contribution in [2.45, 2.75) is 18.4 Å². The van der Waals surface area contributed by atoms with Gasteiger partial charge in [-0.25, -0.2) is 0 Å². The van der Waals surface area contributed by atoms with Crippen LogP contribution in [0.1, 0.15) is 12.8 Å². The first-order valence-corrected chi connectivity index (χ1v) is 3.11. The Morgan fingerprint density at radius 1 is 1.00 bits per heavy atom. The van der Waals surface area contributed by atoms with Crippen LogP contribution in [0.5, 0.6) is 0 Å². The second-order valence-electron chi connectivity index (χ2n) is 2.42. The molecular weight excluding hydrogens is 255 g/mol. The molecule has 15 heavy (non-hydrogen) atoms. The second-order valence-corrected chi connectivity index (χ2v) is 2.42. The number of carbonyl (C=O) groups is 3. The summed E-state index contributed by atoms with van der Waals surface area (Å²) in [6, 6.07) is 0. The Hall–Kier alpha value is -1.15. The van der Waals surface area contributed by atoms with Crippen molar-refractivity contribution in [3.63, 3.8) is 0 Å². The van der Waals surface area contributed by atoms with E-state index >= 15 is 0 Å². The van der Waals surface area contributed by atoms with Gasteiger partial charge in [0.1, 0.15) is 5.60 Å². The van der Waals surface area contributed by atoms with Crippen LogP contribution in [-0.2, 0) is 31.5 Å². The van der Waals surface area contributed by atoms with Gasteiger partial charge in [0, 0.05) is 24.8 Å². The van der Waals surface area contributed by atoms with Crippen molar-refractivity contribution < 1.29 is 57.4 Å². The van der Waals surface area contributed by atoms with Gasteiger partial charge in [-0.1, -0.05) is 0 Å². The molecule has 3 N–H and O–H groups in total. The molecule has 0 amide bonds. The third kappa shape index (κ3) is 6.86. The molecule has 0 aromatic carbocycles. The maximum absolute atomic E-state index is 10.1. The molecule has 0 rings (SSSR count). The fourth-order valence-corrected chi connectivity index (χ4v) is 0.684. The molecule has 0 atom stereocenters. The number of carbonyl (C=O) groups excluding carboxylic acids is 3. The molecule has 0 heterocycles. The summed E-state index contributed by atoms with van der Waals surface area (Å²) in [4.78, 5) is 30.0. The molecule has 0 aromatic rings. The van der Waals surface area contributed by atoms with E-state index in [0.717, 1.165) is 0 Å². The van der Waals surface area contributed by atoms with Gasteiger partial charge < -0.3 is 40.3 Å². The normalized spacial score (nSPS) is 9.40. The van der Waals surface area contributed by atoms with E-state index in [9.17, 15) is 29.7 Å². The fourth-order valence-electron chi connectivity index (χ4n) is 0.684. The molecule has 0 unspecified atom stereocenters. The molecule has 0 fully saturated rings. The third-order valence-electron chi connectivity index (χ3n) is 1.25. The fraction of sp³-hybridized carbons (Fsp3) is 0.500. The molecule has 0 saturated heterocycles. The van der Waals surface area contributed by atoms with Crippen LogP contribution in [0.4, 0.5) is 0 Å². The van der Waals surface area contributed by atoms with Crippen molar-refractivity contribution in [1.82, 2.24) is 0 Å². The molecule has 0 aliphatic carbocycles. The molecule has 0 radical (unpaired) electrons. The quantitative estimate of drug-likeness (QED) is 0.479. The molecular formula is C6H7MnO8. The first-order valence-electron chi connectivity index (χ1n) is 3.11. The van der Waals surface area contributed by atoms with Crippen molar-refractivity contribution in [2.24, 2.45) is 0 Å². The molecule has 86 valence electrons. The van der Waals surface area contributed by atoms with Crippen LogP contribution in [0, 0.1) is 0 Å². The van der Waals surface area contributed by atoms with Gasteiger partial charge in [-0.2, -0.15) is 0 Å². The van der Waals surface area contributed by atoms with Gasteiger partial charge in [0.15, 0.2) is 0 Å². The van der Waals surface area contributed by atoms with Gasteiger partial charge in [0.05, 0.1) is 5.97 Å². The van der Waals surface area contributed by atoms with Crippen LogP contribution in [0.15, 0.2) is 0 Å². The van der Waals surface area contributed by atoms with E-state index in [4.69, 9.17) is 5.11 Å². The average molecular weight is 262 g/mol. The van der Waals surface area contributed by atoms with E-state index in [0.29, 0.717) is 0 Å². The maximum Gasteiger partial charge on any atom is 3.00 e. The first kappa shape index (κ1) is 19.4. The van der Waals surface area contributed by atoms with Gasteiger partial charge in [-0.3, -0.25) is 0 Å². The molecule has 0 aromatic heterocycles. The van der Waals surface area contributed by atoms with Crippen LogP contribution < -0.4 is 15.3 Å². The van der Waals surface area contributed by atoms with Gasteiger partial charge in [0.2, 0.25) is 0 Å². The van der Waals surface area contributed by atoms with Gasteiger partial charge in [0.25, 0.3) is 0 Å². The molecule has 8 nitrogen and oxygen atoms in total. The van der Waals surface area contributed by atoms with Crippen molar-refractivity contribution >= 4 is 17.9 Å². The monoisotopic (exact) mass is 262 g/mol. The Kier molecular flexibility index (Phi) is 9.30. The van der Waals surface area contributed by atoms with E-state index in [2.05, 4.69) is 0 Å². The Morgan fingerprint density at radius 2 is 1.27 bits per heavy atom. The van der Waals surface area contributed by atoms with Crippen LogP contribution >= 0.6 is 0 Å². The zero-order valence-corrected chi connectivity index (χ0v) is 8.37. The van der Waals surface area contributed by atoms with Crippen molar-refractivity contribution in [1.29, 1.82) is 0 Å². The third-order valence-corrected chi connectivity index (χ3v) is 1.25. The molecule has 0 bridgehead atoms. The summed E-state index contributed by atoms with van der Waals surface area (Å²) in [5, 5.41) is 38.9.